The van der Waals surface area contributed by atoms with E-state index in [4.69, 9.17) is 4.74 Å². The van der Waals surface area contributed by atoms with E-state index in [0.29, 0.717) is 0 Å². The molecule has 0 saturated heterocycles. The predicted octanol–water partition coefficient (Wildman–Crippen LogP) is 2.49. The van der Waals surface area contributed by atoms with E-state index in [0.717, 1.165) is 18.7 Å². The molecular formula is C13H13NO. The van der Waals surface area contributed by atoms with E-state index in [1.54, 1.807) is 0 Å². The van der Waals surface area contributed by atoms with Crippen molar-refractivity contribution < 1.29 is 4.74 Å². The summed E-state index contributed by atoms with van der Waals surface area (Å²) in [5.41, 5.74) is 1.33. The highest BCUT2D eigenvalue weighted by molar-refractivity contribution is 5.37. The molecule has 0 saturated carbocycles. The molecular weight excluding hydrogens is 186 g/mol. The average Bonchev–Trinajstić information content (AvgIpc) is 2.86. The molecule has 3 rings (SSSR count). The van der Waals surface area contributed by atoms with Gasteiger partial charge in [-0.05, 0) is 23.8 Å². The number of ether oxygens (including phenoxy) is 1. The summed E-state index contributed by atoms with van der Waals surface area (Å²) in [6, 6.07) is 12.4. The van der Waals surface area contributed by atoms with Crippen LogP contribution in [0.4, 0.5) is 0 Å². The minimum Gasteiger partial charge on any atom is -0.488 e. The highest BCUT2D eigenvalue weighted by atomic mass is 16.5. The molecule has 1 aliphatic rings. The summed E-state index contributed by atoms with van der Waals surface area (Å²) in [4.78, 5) is 0. The van der Waals surface area contributed by atoms with Gasteiger partial charge in [0.25, 0.3) is 0 Å². The SMILES string of the molecule is c1ccc2c(c1)CC(Cn1cccc1)O2. The molecule has 1 atom stereocenters. The molecule has 0 spiro atoms. The maximum absolute atomic E-state index is 5.86. The largest absolute Gasteiger partial charge is 0.488 e. The number of fused-ring (bicyclic) bond motifs is 1. The number of benzene rings is 1. The summed E-state index contributed by atoms with van der Waals surface area (Å²) in [5.74, 6) is 1.05. The van der Waals surface area contributed by atoms with Gasteiger partial charge in [-0.1, -0.05) is 18.2 Å². The first kappa shape index (κ1) is 8.60. The van der Waals surface area contributed by atoms with E-state index in [9.17, 15) is 0 Å². The Morgan fingerprint density at radius 3 is 2.73 bits per heavy atom. The number of rotatable bonds is 2. The zero-order valence-corrected chi connectivity index (χ0v) is 8.47. The highest BCUT2D eigenvalue weighted by Gasteiger charge is 2.21. The zero-order chi connectivity index (χ0) is 10.1. The molecule has 1 aromatic carbocycles. The summed E-state index contributed by atoms with van der Waals surface area (Å²) < 4.78 is 8.02. The minimum atomic E-state index is 0.287. The van der Waals surface area contributed by atoms with Gasteiger partial charge in [-0.2, -0.15) is 0 Å². The molecule has 0 amide bonds. The first-order chi connectivity index (χ1) is 7.42. The second kappa shape index (κ2) is 3.46. The van der Waals surface area contributed by atoms with Crippen molar-refractivity contribution in [3.05, 3.63) is 54.4 Å². The second-order valence-corrected chi connectivity index (χ2v) is 3.93. The molecule has 0 radical (unpaired) electrons. The van der Waals surface area contributed by atoms with Crippen LogP contribution in [-0.2, 0) is 13.0 Å². The molecule has 0 bridgehead atoms. The second-order valence-electron chi connectivity index (χ2n) is 3.93. The van der Waals surface area contributed by atoms with Crippen molar-refractivity contribution >= 4 is 0 Å². The average molecular weight is 199 g/mol. The van der Waals surface area contributed by atoms with Gasteiger partial charge in [-0.3, -0.25) is 0 Å². The fraction of sp³-hybridized carbons (Fsp3) is 0.231. The molecule has 15 heavy (non-hydrogen) atoms. The summed E-state index contributed by atoms with van der Waals surface area (Å²) in [6.45, 7) is 0.932. The van der Waals surface area contributed by atoms with Crippen LogP contribution in [0.5, 0.6) is 5.75 Å². The topological polar surface area (TPSA) is 14.2 Å². The lowest BCUT2D eigenvalue weighted by atomic mass is 10.1. The van der Waals surface area contributed by atoms with Gasteiger partial charge in [0.2, 0.25) is 0 Å². The lowest BCUT2D eigenvalue weighted by molar-refractivity contribution is 0.209. The first-order valence-corrected chi connectivity index (χ1v) is 5.27. The van der Waals surface area contributed by atoms with Crippen molar-refractivity contribution in [1.29, 1.82) is 0 Å². The van der Waals surface area contributed by atoms with Crippen LogP contribution in [0.25, 0.3) is 0 Å². The van der Waals surface area contributed by atoms with Crippen LogP contribution in [0.3, 0.4) is 0 Å². The molecule has 2 heterocycles. The molecule has 1 unspecified atom stereocenters. The quantitative estimate of drug-likeness (QED) is 0.724. The van der Waals surface area contributed by atoms with Crippen LogP contribution in [0.15, 0.2) is 48.8 Å². The Hall–Kier alpha value is -1.70. The van der Waals surface area contributed by atoms with Gasteiger partial charge in [0.15, 0.2) is 0 Å². The van der Waals surface area contributed by atoms with Gasteiger partial charge >= 0.3 is 0 Å². The maximum Gasteiger partial charge on any atom is 0.123 e. The standard InChI is InChI=1S/C13H13NO/c1-2-6-13-11(5-1)9-12(15-13)10-14-7-3-4-8-14/h1-8,12H,9-10H2. The van der Waals surface area contributed by atoms with Crippen LogP contribution >= 0.6 is 0 Å². The Kier molecular flexibility index (Phi) is 1.98. The van der Waals surface area contributed by atoms with E-state index in [1.165, 1.54) is 5.56 Å². The molecule has 2 heteroatoms. The van der Waals surface area contributed by atoms with E-state index in [2.05, 4.69) is 29.1 Å². The number of para-hydroxylation sites is 1. The third-order valence-electron chi connectivity index (χ3n) is 2.79. The van der Waals surface area contributed by atoms with E-state index < -0.39 is 0 Å². The molecule has 0 aliphatic carbocycles. The van der Waals surface area contributed by atoms with E-state index >= 15 is 0 Å². The number of aromatic nitrogens is 1. The van der Waals surface area contributed by atoms with Crippen LogP contribution < -0.4 is 4.74 Å². The summed E-state index contributed by atoms with van der Waals surface area (Å²) in [6.07, 6.45) is 5.46. The summed E-state index contributed by atoms with van der Waals surface area (Å²) >= 11 is 0. The Morgan fingerprint density at radius 1 is 1.13 bits per heavy atom. The van der Waals surface area contributed by atoms with Crippen molar-refractivity contribution in [1.82, 2.24) is 4.57 Å². The van der Waals surface area contributed by atoms with Gasteiger partial charge in [-0.15, -0.1) is 0 Å². The van der Waals surface area contributed by atoms with E-state index in [1.807, 2.05) is 24.3 Å². The first-order valence-electron chi connectivity index (χ1n) is 5.27. The lowest BCUT2D eigenvalue weighted by Gasteiger charge is -2.11. The van der Waals surface area contributed by atoms with Gasteiger partial charge in [0, 0.05) is 18.8 Å². The molecule has 0 fully saturated rings. The predicted molar refractivity (Wildman–Crippen MR) is 59.0 cm³/mol. The highest BCUT2D eigenvalue weighted by Crippen LogP contribution is 2.28. The lowest BCUT2D eigenvalue weighted by Crippen LogP contribution is -2.19. The van der Waals surface area contributed by atoms with Crippen molar-refractivity contribution in [3.8, 4) is 5.75 Å². The Labute approximate surface area is 89.1 Å². The van der Waals surface area contributed by atoms with E-state index in [-0.39, 0.29) is 6.10 Å². The number of hydrogen-bond acceptors (Lipinski definition) is 1. The maximum atomic E-state index is 5.86. The van der Waals surface area contributed by atoms with Crippen LogP contribution in [0, 0.1) is 0 Å². The van der Waals surface area contributed by atoms with Gasteiger partial charge < -0.3 is 9.30 Å². The van der Waals surface area contributed by atoms with Crippen LogP contribution in [0.1, 0.15) is 5.56 Å². The normalized spacial score (nSPS) is 18.5. The zero-order valence-electron chi connectivity index (χ0n) is 8.47. The molecule has 2 aromatic rings. The smallest absolute Gasteiger partial charge is 0.123 e. The van der Waals surface area contributed by atoms with Crippen molar-refractivity contribution in [2.24, 2.45) is 0 Å². The third-order valence-corrected chi connectivity index (χ3v) is 2.79. The van der Waals surface area contributed by atoms with Crippen molar-refractivity contribution in [2.45, 2.75) is 19.1 Å². The fourth-order valence-electron chi connectivity index (χ4n) is 2.08. The summed E-state index contributed by atoms with van der Waals surface area (Å²) in [7, 11) is 0. The van der Waals surface area contributed by atoms with Gasteiger partial charge in [-0.25, -0.2) is 0 Å². The molecule has 2 nitrogen and oxygen atoms in total. The molecule has 76 valence electrons. The Balaban J connectivity index is 1.74. The Bertz CT molecular complexity index is 420. The van der Waals surface area contributed by atoms with Crippen LogP contribution in [-0.4, -0.2) is 10.7 Å². The molecule has 1 aromatic heterocycles. The van der Waals surface area contributed by atoms with Gasteiger partial charge in [0.05, 0.1) is 6.54 Å². The molecule has 1 aliphatic heterocycles. The van der Waals surface area contributed by atoms with Crippen LogP contribution in [0.2, 0.25) is 0 Å². The number of nitrogens with zero attached hydrogens (tertiary/aromatic N) is 1. The van der Waals surface area contributed by atoms with Gasteiger partial charge in [0.1, 0.15) is 11.9 Å². The minimum absolute atomic E-state index is 0.287. The summed E-state index contributed by atoms with van der Waals surface area (Å²) in [5, 5.41) is 0. The monoisotopic (exact) mass is 199 g/mol. The van der Waals surface area contributed by atoms with Crippen molar-refractivity contribution in [3.63, 3.8) is 0 Å². The fourth-order valence-corrected chi connectivity index (χ4v) is 2.08. The Morgan fingerprint density at radius 2 is 1.93 bits per heavy atom. The number of hydrogen-bond donors (Lipinski definition) is 0. The third kappa shape index (κ3) is 1.63. The van der Waals surface area contributed by atoms with Crippen molar-refractivity contribution in [2.75, 3.05) is 0 Å². The molecule has 0 N–H and O–H groups in total.